The molecule has 0 bridgehead atoms. The monoisotopic (exact) mass is 515 g/mol. The predicted octanol–water partition coefficient (Wildman–Crippen LogP) is 4.08. The molecule has 2 fully saturated rings. The molecule has 1 aromatic carbocycles. The Morgan fingerprint density at radius 1 is 1.05 bits per heavy atom. The van der Waals surface area contributed by atoms with Gasteiger partial charge in [0, 0.05) is 18.2 Å². The van der Waals surface area contributed by atoms with Gasteiger partial charge >= 0.3 is 0 Å². The molecule has 2 aliphatic rings. The van der Waals surface area contributed by atoms with Crippen molar-refractivity contribution in [3.8, 4) is 0 Å². The number of halogens is 4. The molecule has 3 aromatic rings. The normalized spacial score (nSPS) is 20.3. The fourth-order valence-corrected chi connectivity index (χ4v) is 4.65. The summed E-state index contributed by atoms with van der Waals surface area (Å²) in [5, 5.41) is 6.47. The second-order valence-electron chi connectivity index (χ2n) is 9.38. The van der Waals surface area contributed by atoms with Crippen LogP contribution in [0.4, 0.5) is 17.6 Å². The van der Waals surface area contributed by atoms with Crippen LogP contribution in [-0.2, 0) is 16.1 Å². The molecule has 2 aromatic heterocycles. The molecule has 1 saturated heterocycles. The summed E-state index contributed by atoms with van der Waals surface area (Å²) >= 11 is 0. The molecule has 194 valence electrons. The lowest BCUT2D eigenvalue weighted by Crippen LogP contribution is -2.48. The standard InChI is InChI=1S/C26H25F4N5O2/c27-17-12-21(35(13-17)22(36)14-34-11-10-20(33-34)24(28)29)26(37)32-23(16-4-2-1-3-5-16)19-9-8-18(15-6-7-15)25(30)31-19/h1-5,8-11,15,17,21,23-24H,6-7,12-14H2,(H,32,37)/t17-,21+,23+/m1/s1. The molecule has 1 aliphatic carbocycles. The van der Waals surface area contributed by atoms with Crippen molar-refractivity contribution in [3.63, 3.8) is 0 Å². The maximum Gasteiger partial charge on any atom is 0.282 e. The van der Waals surface area contributed by atoms with E-state index in [4.69, 9.17) is 0 Å². The molecule has 0 spiro atoms. The second-order valence-corrected chi connectivity index (χ2v) is 9.38. The summed E-state index contributed by atoms with van der Waals surface area (Å²) in [4.78, 5) is 31.5. The van der Waals surface area contributed by atoms with E-state index >= 15 is 0 Å². The first-order valence-corrected chi connectivity index (χ1v) is 12.1. The van der Waals surface area contributed by atoms with Gasteiger partial charge in [0.25, 0.3) is 6.43 Å². The SMILES string of the molecule is O=C(N[C@@H](c1ccccc1)c1ccc(C2CC2)c(F)n1)[C@@H]1C[C@@H](F)CN1C(=O)Cn1ccc(C(F)F)n1. The van der Waals surface area contributed by atoms with Crippen molar-refractivity contribution < 1.29 is 27.2 Å². The van der Waals surface area contributed by atoms with Crippen LogP contribution < -0.4 is 5.32 Å². The first-order chi connectivity index (χ1) is 17.8. The number of hydrogen-bond acceptors (Lipinski definition) is 4. The Morgan fingerprint density at radius 2 is 1.81 bits per heavy atom. The number of benzene rings is 1. The lowest BCUT2D eigenvalue weighted by Gasteiger charge is -2.26. The quantitative estimate of drug-likeness (QED) is 0.362. The number of aromatic nitrogens is 3. The predicted molar refractivity (Wildman–Crippen MR) is 125 cm³/mol. The number of nitrogens with one attached hydrogen (secondary N) is 1. The Labute approximate surface area is 210 Å². The number of pyridine rings is 1. The summed E-state index contributed by atoms with van der Waals surface area (Å²) in [5.41, 5.74) is 0.990. The van der Waals surface area contributed by atoms with Crippen LogP contribution in [0, 0.1) is 5.95 Å². The number of rotatable bonds is 8. The van der Waals surface area contributed by atoms with Crippen LogP contribution >= 0.6 is 0 Å². The Hall–Kier alpha value is -3.76. The van der Waals surface area contributed by atoms with E-state index in [0.717, 1.165) is 28.5 Å². The average molecular weight is 516 g/mol. The van der Waals surface area contributed by atoms with Gasteiger partial charge in [-0.1, -0.05) is 36.4 Å². The Kier molecular flexibility index (Phi) is 6.94. The number of likely N-dealkylation sites (tertiary alicyclic amines) is 1. The van der Waals surface area contributed by atoms with Crippen molar-refractivity contribution >= 4 is 11.8 Å². The zero-order valence-electron chi connectivity index (χ0n) is 19.7. The van der Waals surface area contributed by atoms with Crippen LogP contribution in [0.3, 0.4) is 0 Å². The summed E-state index contributed by atoms with van der Waals surface area (Å²) in [5.74, 6) is -1.67. The van der Waals surface area contributed by atoms with Crippen LogP contribution in [0.15, 0.2) is 54.7 Å². The van der Waals surface area contributed by atoms with Crippen molar-refractivity contribution in [2.45, 2.75) is 56.4 Å². The first kappa shape index (κ1) is 24.9. The van der Waals surface area contributed by atoms with Gasteiger partial charge in [-0.2, -0.15) is 9.49 Å². The third-order valence-corrected chi connectivity index (χ3v) is 6.69. The van der Waals surface area contributed by atoms with Gasteiger partial charge in [0.2, 0.25) is 17.8 Å². The Morgan fingerprint density at radius 3 is 2.46 bits per heavy atom. The lowest BCUT2D eigenvalue weighted by atomic mass is 10.0. The molecule has 3 atom stereocenters. The molecule has 0 radical (unpaired) electrons. The van der Waals surface area contributed by atoms with Crippen LogP contribution in [0.1, 0.15) is 60.2 Å². The van der Waals surface area contributed by atoms with Crippen LogP contribution in [-0.4, -0.2) is 50.2 Å². The van der Waals surface area contributed by atoms with Crippen molar-refractivity contribution in [1.82, 2.24) is 25.0 Å². The van der Waals surface area contributed by atoms with Crippen LogP contribution in [0.2, 0.25) is 0 Å². The highest BCUT2D eigenvalue weighted by Crippen LogP contribution is 2.41. The van der Waals surface area contributed by atoms with E-state index in [1.807, 2.05) is 0 Å². The van der Waals surface area contributed by atoms with Gasteiger partial charge in [-0.3, -0.25) is 14.3 Å². The zero-order chi connectivity index (χ0) is 26.1. The number of hydrogen-bond donors (Lipinski definition) is 1. The molecular weight excluding hydrogens is 490 g/mol. The van der Waals surface area contributed by atoms with Gasteiger partial charge < -0.3 is 10.2 Å². The molecule has 1 N–H and O–H groups in total. The Bertz CT molecular complexity index is 1280. The van der Waals surface area contributed by atoms with Gasteiger partial charge in [0.05, 0.1) is 18.3 Å². The lowest BCUT2D eigenvalue weighted by molar-refractivity contribution is -0.139. The molecular formula is C26H25F4N5O2. The second kappa shape index (κ2) is 10.3. The van der Waals surface area contributed by atoms with Gasteiger partial charge in [-0.25, -0.2) is 18.2 Å². The highest BCUT2D eigenvalue weighted by atomic mass is 19.3. The van der Waals surface area contributed by atoms with Gasteiger partial charge in [-0.05, 0) is 36.5 Å². The summed E-state index contributed by atoms with van der Waals surface area (Å²) in [6.45, 7) is -0.723. The zero-order valence-corrected chi connectivity index (χ0v) is 19.7. The van der Waals surface area contributed by atoms with Crippen molar-refractivity contribution in [2.75, 3.05) is 6.54 Å². The fourth-order valence-electron chi connectivity index (χ4n) is 4.65. The Balaban J connectivity index is 1.36. The summed E-state index contributed by atoms with van der Waals surface area (Å²) in [7, 11) is 0. The summed E-state index contributed by atoms with van der Waals surface area (Å²) < 4.78 is 55.8. The summed E-state index contributed by atoms with van der Waals surface area (Å²) in [6, 6.07) is 11.3. The van der Waals surface area contributed by atoms with E-state index < -0.39 is 54.7 Å². The number of alkyl halides is 3. The van der Waals surface area contributed by atoms with Crippen LogP contribution in [0.5, 0.6) is 0 Å². The van der Waals surface area contributed by atoms with E-state index in [1.165, 1.54) is 6.20 Å². The minimum Gasteiger partial charge on any atom is -0.342 e. The molecule has 37 heavy (non-hydrogen) atoms. The van der Waals surface area contributed by atoms with E-state index in [9.17, 15) is 27.2 Å². The van der Waals surface area contributed by atoms with E-state index in [0.29, 0.717) is 11.1 Å². The number of carbonyl (C=O) groups is 2. The van der Waals surface area contributed by atoms with Gasteiger partial charge in [0.1, 0.15) is 24.5 Å². The maximum absolute atomic E-state index is 14.8. The summed E-state index contributed by atoms with van der Waals surface area (Å²) in [6.07, 6.45) is -1.39. The molecule has 1 saturated carbocycles. The molecule has 1 aliphatic heterocycles. The minimum atomic E-state index is -2.79. The molecule has 2 amide bonds. The average Bonchev–Trinajstić information content (AvgIpc) is 3.47. The van der Waals surface area contributed by atoms with Crippen molar-refractivity contribution in [3.05, 3.63) is 83.2 Å². The van der Waals surface area contributed by atoms with Crippen molar-refractivity contribution in [1.29, 1.82) is 0 Å². The third-order valence-electron chi connectivity index (χ3n) is 6.69. The molecule has 0 unspecified atom stereocenters. The maximum atomic E-state index is 14.8. The number of nitrogens with zero attached hydrogens (tertiary/aromatic N) is 4. The largest absolute Gasteiger partial charge is 0.342 e. The number of amides is 2. The van der Waals surface area contributed by atoms with E-state index in [-0.39, 0.29) is 24.6 Å². The number of carbonyl (C=O) groups excluding carboxylic acids is 2. The van der Waals surface area contributed by atoms with E-state index in [2.05, 4.69) is 15.4 Å². The highest BCUT2D eigenvalue weighted by Gasteiger charge is 2.41. The third kappa shape index (κ3) is 5.50. The molecule has 5 rings (SSSR count). The van der Waals surface area contributed by atoms with Crippen molar-refractivity contribution in [2.24, 2.45) is 0 Å². The minimum absolute atomic E-state index is 0.164. The topological polar surface area (TPSA) is 80.1 Å². The van der Waals surface area contributed by atoms with E-state index in [1.54, 1.807) is 42.5 Å². The fraction of sp³-hybridized carbons (Fsp3) is 0.385. The van der Waals surface area contributed by atoms with Gasteiger partial charge in [0.15, 0.2) is 0 Å². The first-order valence-electron chi connectivity index (χ1n) is 12.1. The molecule has 3 heterocycles. The molecule has 11 heteroatoms. The van der Waals surface area contributed by atoms with Gasteiger partial charge in [-0.15, -0.1) is 0 Å². The molecule has 7 nitrogen and oxygen atoms in total. The highest BCUT2D eigenvalue weighted by molar-refractivity contribution is 5.88. The van der Waals surface area contributed by atoms with Crippen LogP contribution in [0.25, 0.3) is 0 Å². The smallest absolute Gasteiger partial charge is 0.282 e.